The molecule has 2 heterocycles. The van der Waals surface area contributed by atoms with E-state index in [1.54, 1.807) is 18.2 Å². The highest BCUT2D eigenvalue weighted by molar-refractivity contribution is 5.82. The zero-order valence-electron chi connectivity index (χ0n) is 14.1. The predicted molar refractivity (Wildman–Crippen MR) is 101 cm³/mol. The van der Waals surface area contributed by atoms with Crippen LogP contribution in [0.25, 0.3) is 22.1 Å². The average molecular weight is 361 g/mol. The van der Waals surface area contributed by atoms with Crippen molar-refractivity contribution in [2.45, 2.75) is 6.61 Å². The van der Waals surface area contributed by atoms with Crippen molar-refractivity contribution >= 4 is 22.9 Å². The Labute approximate surface area is 153 Å². The molecule has 0 aliphatic rings. The van der Waals surface area contributed by atoms with Crippen LogP contribution >= 0.6 is 0 Å². The van der Waals surface area contributed by atoms with Gasteiger partial charge in [0.05, 0.1) is 10.9 Å². The molecule has 0 atom stereocenters. The standard InChI is InChI=1S/C19H15N5O3/c20-18-22-16(23-19(21)24-18)10-26-12-6-7-13-15(8-12)27-9-14(17(13)25)11-4-2-1-3-5-11/h1-9H,10H2,(H4,20,21,22,23,24). The maximum atomic E-state index is 12.7. The van der Waals surface area contributed by atoms with Crippen LogP contribution in [-0.2, 0) is 6.61 Å². The number of nitrogens with zero attached hydrogens (tertiary/aromatic N) is 3. The minimum Gasteiger partial charge on any atom is -0.485 e. The molecule has 0 bridgehead atoms. The molecule has 4 aromatic rings. The van der Waals surface area contributed by atoms with Crippen LogP contribution < -0.4 is 21.6 Å². The Kier molecular flexibility index (Phi) is 4.13. The Hall–Kier alpha value is -3.94. The first-order valence-corrected chi connectivity index (χ1v) is 8.10. The van der Waals surface area contributed by atoms with Gasteiger partial charge in [0.2, 0.25) is 11.9 Å². The molecule has 4 rings (SSSR count). The van der Waals surface area contributed by atoms with E-state index in [1.165, 1.54) is 6.26 Å². The number of anilines is 2. The summed E-state index contributed by atoms with van der Waals surface area (Å²) in [6.45, 7) is 0.0504. The fraction of sp³-hybridized carbons (Fsp3) is 0.0526. The van der Waals surface area contributed by atoms with Gasteiger partial charge in [0.25, 0.3) is 0 Å². The summed E-state index contributed by atoms with van der Waals surface area (Å²) < 4.78 is 11.3. The van der Waals surface area contributed by atoms with E-state index in [4.69, 9.17) is 20.6 Å². The highest BCUT2D eigenvalue weighted by Crippen LogP contribution is 2.23. The predicted octanol–water partition coefficient (Wildman–Crippen LogP) is 2.39. The molecule has 134 valence electrons. The van der Waals surface area contributed by atoms with Gasteiger partial charge in [-0.2, -0.15) is 15.0 Å². The van der Waals surface area contributed by atoms with Gasteiger partial charge in [-0.05, 0) is 17.7 Å². The van der Waals surface area contributed by atoms with E-state index in [9.17, 15) is 4.79 Å². The molecule has 8 nitrogen and oxygen atoms in total. The lowest BCUT2D eigenvalue weighted by atomic mass is 10.1. The molecule has 4 N–H and O–H groups in total. The number of aromatic nitrogens is 3. The Bertz CT molecular complexity index is 1150. The number of ether oxygens (including phenoxy) is 1. The van der Waals surface area contributed by atoms with Gasteiger partial charge in [-0.15, -0.1) is 0 Å². The second-order valence-electron chi connectivity index (χ2n) is 5.76. The number of nitrogen functional groups attached to an aromatic ring is 2. The van der Waals surface area contributed by atoms with Crippen LogP contribution in [0.15, 0.2) is 64.0 Å². The molecule has 0 radical (unpaired) electrons. The van der Waals surface area contributed by atoms with Crippen LogP contribution in [-0.4, -0.2) is 15.0 Å². The monoisotopic (exact) mass is 361 g/mol. The molecule has 2 aromatic heterocycles. The number of hydrogen-bond donors (Lipinski definition) is 2. The fourth-order valence-electron chi connectivity index (χ4n) is 2.68. The molecule has 27 heavy (non-hydrogen) atoms. The third-order valence-electron chi connectivity index (χ3n) is 3.92. The third-order valence-corrected chi connectivity index (χ3v) is 3.92. The van der Waals surface area contributed by atoms with Crippen molar-refractivity contribution in [3.05, 3.63) is 70.8 Å². The van der Waals surface area contributed by atoms with E-state index in [0.717, 1.165) is 5.56 Å². The molecule has 0 fully saturated rings. The molecule has 0 aliphatic heterocycles. The Morgan fingerprint density at radius 2 is 1.70 bits per heavy atom. The number of benzene rings is 2. The molecular formula is C19H15N5O3. The summed E-state index contributed by atoms with van der Waals surface area (Å²) in [4.78, 5) is 24.3. The van der Waals surface area contributed by atoms with Crippen molar-refractivity contribution in [3.63, 3.8) is 0 Å². The number of rotatable bonds is 4. The van der Waals surface area contributed by atoms with Crippen molar-refractivity contribution in [2.24, 2.45) is 0 Å². The minimum atomic E-state index is -0.105. The van der Waals surface area contributed by atoms with E-state index in [2.05, 4.69) is 15.0 Å². The van der Waals surface area contributed by atoms with E-state index in [-0.39, 0.29) is 23.9 Å². The largest absolute Gasteiger partial charge is 0.485 e. The van der Waals surface area contributed by atoms with Crippen LogP contribution in [0.2, 0.25) is 0 Å². The number of fused-ring (bicyclic) bond motifs is 1. The lowest BCUT2D eigenvalue weighted by Gasteiger charge is -2.07. The minimum absolute atomic E-state index is 0.0269. The first-order chi connectivity index (χ1) is 13.1. The van der Waals surface area contributed by atoms with Gasteiger partial charge >= 0.3 is 0 Å². The summed E-state index contributed by atoms with van der Waals surface area (Å²) in [7, 11) is 0. The zero-order chi connectivity index (χ0) is 18.8. The van der Waals surface area contributed by atoms with Crippen LogP contribution in [0.3, 0.4) is 0 Å². The summed E-state index contributed by atoms with van der Waals surface area (Å²) in [5.74, 6) is 0.856. The summed E-state index contributed by atoms with van der Waals surface area (Å²) in [6.07, 6.45) is 1.46. The maximum Gasteiger partial charge on any atom is 0.225 e. The van der Waals surface area contributed by atoms with Crippen molar-refractivity contribution in [3.8, 4) is 16.9 Å². The van der Waals surface area contributed by atoms with E-state index < -0.39 is 0 Å². The summed E-state index contributed by atoms with van der Waals surface area (Å²) in [6, 6.07) is 14.3. The van der Waals surface area contributed by atoms with E-state index in [1.807, 2.05) is 30.3 Å². The van der Waals surface area contributed by atoms with E-state index in [0.29, 0.717) is 28.1 Å². The van der Waals surface area contributed by atoms with Gasteiger partial charge in [0.1, 0.15) is 24.2 Å². The Morgan fingerprint density at radius 3 is 2.44 bits per heavy atom. The average Bonchev–Trinajstić information content (AvgIpc) is 2.66. The van der Waals surface area contributed by atoms with Crippen LogP contribution in [0.4, 0.5) is 11.9 Å². The van der Waals surface area contributed by atoms with Crippen molar-refractivity contribution in [1.29, 1.82) is 0 Å². The van der Waals surface area contributed by atoms with Crippen LogP contribution in [0.5, 0.6) is 5.75 Å². The quantitative estimate of drug-likeness (QED) is 0.566. The molecule has 0 saturated heterocycles. The van der Waals surface area contributed by atoms with Gasteiger partial charge in [0, 0.05) is 6.07 Å². The molecular weight excluding hydrogens is 346 g/mol. The summed E-state index contributed by atoms with van der Waals surface area (Å²) in [5.41, 5.74) is 12.7. The van der Waals surface area contributed by atoms with E-state index >= 15 is 0 Å². The molecule has 0 aliphatic carbocycles. The van der Waals surface area contributed by atoms with Gasteiger partial charge in [-0.25, -0.2) is 0 Å². The van der Waals surface area contributed by atoms with Gasteiger partial charge in [0.15, 0.2) is 11.3 Å². The number of nitrogens with two attached hydrogens (primary N) is 2. The Morgan fingerprint density at radius 1 is 0.963 bits per heavy atom. The molecule has 0 amide bonds. The maximum absolute atomic E-state index is 12.7. The van der Waals surface area contributed by atoms with Crippen molar-refractivity contribution < 1.29 is 9.15 Å². The van der Waals surface area contributed by atoms with Crippen molar-refractivity contribution in [2.75, 3.05) is 11.5 Å². The molecule has 0 unspecified atom stereocenters. The zero-order valence-corrected chi connectivity index (χ0v) is 14.1. The highest BCUT2D eigenvalue weighted by atomic mass is 16.5. The molecule has 8 heteroatoms. The van der Waals surface area contributed by atoms with Crippen molar-refractivity contribution in [1.82, 2.24) is 15.0 Å². The van der Waals surface area contributed by atoms with Crippen LogP contribution in [0.1, 0.15) is 5.82 Å². The highest BCUT2D eigenvalue weighted by Gasteiger charge is 2.10. The van der Waals surface area contributed by atoms with Gasteiger partial charge in [-0.3, -0.25) is 4.79 Å². The number of hydrogen-bond acceptors (Lipinski definition) is 8. The summed E-state index contributed by atoms with van der Waals surface area (Å²) in [5, 5.41) is 0.470. The normalized spacial score (nSPS) is 10.8. The van der Waals surface area contributed by atoms with Gasteiger partial charge in [-0.1, -0.05) is 30.3 Å². The smallest absolute Gasteiger partial charge is 0.225 e. The topological polar surface area (TPSA) is 130 Å². The lowest BCUT2D eigenvalue weighted by Crippen LogP contribution is -2.09. The molecule has 0 saturated carbocycles. The fourth-order valence-corrected chi connectivity index (χ4v) is 2.68. The van der Waals surface area contributed by atoms with Crippen LogP contribution in [0, 0.1) is 0 Å². The SMILES string of the molecule is Nc1nc(N)nc(COc2ccc3c(=O)c(-c4ccccc4)coc3c2)n1. The molecule has 0 spiro atoms. The summed E-state index contributed by atoms with van der Waals surface area (Å²) >= 11 is 0. The third kappa shape index (κ3) is 3.40. The van der Waals surface area contributed by atoms with Gasteiger partial charge < -0.3 is 20.6 Å². The first-order valence-electron chi connectivity index (χ1n) is 8.10. The Balaban J connectivity index is 1.62. The lowest BCUT2D eigenvalue weighted by molar-refractivity contribution is 0.296. The molecule has 2 aromatic carbocycles. The second-order valence-corrected chi connectivity index (χ2v) is 5.76. The second kappa shape index (κ2) is 6.75. The first kappa shape index (κ1) is 16.5.